The Bertz CT molecular complexity index is 1120. The van der Waals surface area contributed by atoms with Crippen molar-refractivity contribution in [2.45, 2.75) is 45.7 Å². The number of halogens is 1. The second kappa shape index (κ2) is 12.7. The molecule has 0 aliphatic heterocycles. The summed E-state index contributed by atoms with van der Waals surface area (Å²) < 4.78 is 20.5. The van der Waals surface area contributed by atoms with Gasteiger partial charge in [0.15, 0.2) is 6.61 Å². The second-order valence-corrected chi connectivity index (χ2v) is 8.69. The van der Waals surface area contributed by atoms with E-state index >= 15 is 0 Å². The summed E-state index contributed by atoms with van der Waals surface area (Å²) in [5, 5.41) is 2.83. The Hall–Kier alpha value is -3.67. The van der Waals surface area contributed by atoms with E-state index in [4.69, 9.17) is 4.74 Å². The molecule has 0 bridgehead atoms. The molecule has 0 saturated carbocycles. The number of carbonyl (C=O) groups excluding carboxylic acids is 2. The van der Waals surface area contributed by atoms with Crippen molar-refractivity contribution in [1.82, 2.24) is 10.2 Å². The number of hydrogen-bond acceptors (Lipinski definition) is 3. The van der Waals surface area contributed by atoms with Crippen LogP contribution in [0.1, 0.15) is 43.4 Å². The van der Waals surface area contributed by atoms with Gasteiger partial charge in [-0.25, -0.2) is 4.39 Å². The molecule has 0 aliphatic rings. The van der Waals surface area contributed by atoms with Gasteiger partial charge >= 0.3 is 0 Å². The van der Waals surface area contributed by atoms with Gasteiger partial charge in [0, 0.05) is 25.1 Å². The van der Waals surface area contributed by atoms with Crippen LogP contribution in [-0.4, -0.2) is 35.9 Å². The van der Waals surface area contributed by atoms with E-state index in [1.165, 1.54) is 11.0 Å². The maximum atomic E-state index is 14.6. The highest BCUT2D eigenvalue weighted by Crippen LogP contribution is 2.26. The van der Waals surface area contributed by atoms with Gasteiger partial charge in [0.1, 0.15) is 17.6 Å². The lowest BCUT2D eigenvalue weighted by molar-refractivity contribution is -0.142. The Morgan fingerprint density at radius 2 is 1.60 bits per heavy atom. The molecule has 6 heteroatoms. The van der Waals surface area contributed by atoms with Gasteiger partial charge in [0.25, 0.3) is 5.91 Å². The minimum Gasteiger partial charge on any atom is -0.483 e. The molecule has 0 saturated heterocycles. The first-order valence-corrected chi connectivity index (χ1v) is 12.0. The van der Waals surface area contributed by atoms with Crippen LogP contribution in [0.3, 0.4) is 0 Å². The highest BCUT2D eigenvalue weighted by atomic mass is 19.1. The lowest BCUT2D eigenvalue weighted by Gasteiger charge is -2.31. The molecule has 35 heavy (non-hydrogen) atoms. The SMILES string of the molecule is CCNC(=O)[C@H](Cc1ccccc1)N(Cc1ccccc1F)C(=O)COc1ccccc1C(C)C. The van der Waals surface area contributed by atoms with E-state index in [1.807, 2.05) is 61.5 Å². The Morgan fingerprint density at radius 3 is 2.29 bits per heavy atom. The van der Waals surface area contributed by atoms with Crippen LogP contribution >= 0.6 is 0 Å². The molecule has 0 fully saturated rings. The second-order valence-electron chi connectivity index (χ2n) is 8.69. The molecule has 5 nitrogen and oxygen atoms in total. The number of benzene rings is 3. The lowest BCUT2D eigenvalue weighted by Crippen LogP contribution is -2.51. The van der Waals surface area contributed by atoms with Gasteiger partial charge in [0.05, 0.1) is 0 Å². The Kier molecular flexibility index (Phi) is 9.41. The Balaban J connectivity index is 1.92. The van der Waals surface area contributed by atoms with Crippen LogP contribution in [0.4, 0.5) is 4.39 Å². The van der Waals surface area contributed by atoms with Gasteiger partial charge in [-0.2, -0.15) is 0 Å². The van der Waals surface area contributed by atoms with E-state index in [0.717, 1.165) is 11.1 Å². The summed E-state index contributed by atoms with van der Waals surface area (Å²) in [6, 6.07) is 22.5. The van der Waals surface area contributed by atoms with Crippen molar-refractivity contribution in [3.63, 3.8) is 0 Å². The summed E-state index contributed by atoms with van der Waals surface area (Å²) in [5.41, 5.74) is 2.23. The predicted molar refractivity (Wildman–Crippen MR) is 136 cm³/mol. The van der Waals surface area contributed by atoms with Crippen LogP contribution < -0.4 is 10.1 Å². The van der Waals surface area contributed by atoms with Crippen LogP contribution in [0.15, 0.2) is 78.9 Å². The molecular weight excluding hydrogens is 443 g/mol. The van der Waals surface area contributed by atoms with Crippen molar-refractivity contribution >= 4 is 11.8 Å². The maximum absolute atomic E-state index is 14.6. The molecule has 0 unspecified atom stereocenters. The number of hydrogen-bond donors (Lipinski definition) is 1. The summed E-state index contributed by atoms with van der Waals surface area (Å²) in [6.45, 7) is 6.05. The summed E-state index contributed by atoms with van der Waals surface area (Å²) in [6.07, 6.45) is 0.301. The number of nitrogens with zero attached hydrogens (tertiary/aromatic N) is 1. The van der Waals surface area contributed by atoms with E-state index in [0.29, 0.717) is 24.3 Å². The van der Waals surface area contributed by atoms with E-state index < -0.39 is 11.9 Å². The highest BCUT2D eigenvalue weighted by Gasteiger charge is 2.31. The fourth-order valence-corrected chi connectivity index (χ4v) is 3.97. The molecule has 0 aromatic heterocycles. The number of ether oxygens (including phenoxy) is 1. The first-order valence-electron chi connectivity index (χ1n) is 12.0. The number of rotatable bonds is 11. The normalized spacial score (nSPS) is 11.7. The lowest BCUT2D eigenvalue weighted by atomic mass is 10.0. The Morgan fingerprint density at radius 1 is 0.943 bits per heavy atom. The average molecular weight is 477 g/mol. The predicted octanol–water partition coefficient (Wildman–Crippen LogP) is 5.10. The van der Waals surface area contributed by atoms with Crippen LogP contribution in [0.2, 0.25) is 0 Å². The maximum Gasteiger partial charge on any atom is 0.261 e. The zero-order valence-electron chi connectivity index (χ0n) is 20.5. The minimum absolute atomic E-state index is 0.0463. The van der Waals surface area contributed by atoms with E-state index in [2.05, 4.69) is 19.2 Å². The zero-order valence-corrected chi connectivity index (χ0v) is 20.5. The molecular formula is C29H33FN2O3. The standard InChI is InChI=1S/C29H33FN2O3/c1-4-31-29(34)26(18-22-12-6-5-7-13-22)32(19-23-14-8-10-16-25(23)30)28(33)20-35-27-17-11-9-15-24(27)21(2)3/h5-17,21,26H,4,18-20H2,1-3H3,(H,31,34)/t26-/m0/s1. The number of likely N-dealkylation sites (N-methyl/N-ethyl adjacent to an activating group) is 1. The monoisotopic (exact) mass is 476 g/mol. The average Bonchev–Trinajstić information content (AvgIpc) is 2.86. The molecule has 0 aliphatic carbocycles. The third-order valence-electron chi connectivity index (χ3n) is 5.81. The van der Waals surface area contributed by atoms with E-state index in [9.17, 15) is 14.0 Å². The summed E-state index contributed by atoms with van der Waals surface area (Å²) in [4.78, 5) is 28.1. The van der Waals surface area contributed by atoms with Crippen molar-refractivity contribution < 1.29 is 18.7 Å². The minimum atomic E-state index is -0.826. The van der Waals surface area contributed by atoms with Gasteiger partial charge in [-0.15, -0.1) is 0 Å². The topological polar surface area (TPSA) is 58.6 Å². The smallest absolute Gasteiger partial charge is 0.261 e. The van der Waals surface area contributed by atoms with Gasteiger partial charge in [-0.1, -0.05) is 80.6 Å². The molecule has 0 heterocycles. The van der Waals surface area contributed by atoms with Crippen LogP contribution in [0, 0.1) is 5.82 Å². The quantitative estimate of drug-likeness (QED) is 0.419. The fraction of sp³-hybridized carbons (Fsp3) is 0.310. The van der Waals surface area contributed by atoms with Crippen molar-refractivity contribution in [1.29, 1.82) is 0 Å². The summed E-state index contributed by atoms with van der Waals surface area (Å²) >= 11 is 0. The first-order chi connectivity index (χ1) is 16.9. The molecule has 0 radical (unpaired) electrons. The van der Waals surface area contributed by atoms with Crippen molar-refractivity contribution in [3.8, 4) is 5.75 Å². The molecule has 184 valence electrons. The number of carbonyl (C=O) groups is 2. The number of amides is 2. The van der Waals surface area contributed by atoms with Gasteiger partial charge in [0.2, 0.25) is 5.91 Å². The zero-order chi connectivity index (χ0) is 25.2. The largest absolute Gasteiger partial charge is 0.483 e. The van der Waals surface area contributed by atoms with Crippen LogP contribution in [0.5, 0.6) is 5.75 Å². The summed E-state index contributed by atoms with van der Waals surface area (Å²) in [7, 11) is 0. The van der Waals surface area contributed by atoms with Gasteiger partial charge in [-0.05, 0) is 36.1 Å². The van der Waals surface area contributed by atoms with Gasteiger partial charge in [-0.3, -0.25) is 9.59 Å². The van der Waals surface area contributed by atoms with Crippen LogP contribution in [-0.2, 0) is 22.6 Å². The van der Waals surface area contributed by atoms with Gasteiger partial charge < -0.3 is 15.0 Å². The van der Waals surface area contributed by atoms with Crippen molar-refractivity contribution in [2.75, 3.05) is 13.2 Å². The van der Waals surface area contributed by atoms with Crippen molar-refractivity contribution in [3.05, 3.63) is 101 Å². The highest BCUT2D eigenvalue weighted by molar-refractivity contribution is 5.88. The molecule has 3 aromatic carbocycles. The molecule has 1 N–H and O–H groups in total. The third kappa shape index (κ3) is 7.15. The molecule has 2 amide bonds. The Labute approximate surface area is 206 Å². The number of para-hydroxylation sites is 1. The van der Waals surface area contributed by atoms with E-state index in [1.54, 1.807) is 18.2 Å². The van der Waals surface area contributed by atoms with Crippen molar-refractivity contribution in [2.24, 2.45) is 0 Å². The molecule has 1 atom stereocenters. The number of nitrogens with one attached hydrogen (secondary N) is 1. The molecule has 3 aromatic rings. The molecule has 3 rings (SSSR count). The third-order valence-corrected chi connectivity index (χ3v) is 5.81. The first kappa shape index (κ1) is 25.9. The fourth-order valence-electron chi connectivity index (χ4n) is 3.97. The van der Waals surface area contributed by atoms with Crippen LogP contribution in [0.25, 0.3) is 0 Å². The molecule has 0 spiro atoms. The van der Waals surface area contributed by atoms with E-state index in [-0.39, 0.29) is 30.9 Å². The summed E-state index contributed by atoms with van der Waals surface area (Å²) in [5.74, 6) is -0.260.